The summed E-state index contributed by atoms with van der Waals surface area (Å²) in [6.45, 7) is 7.38. The van der Waals surface area contributed by atoms with Crippen LogP contribution in [0.1, 0.15) is 33.2 Å². The summed E-state index contributed by atoms with van der Waals surface area (Å²) in [6, 6.07) is 3.86. The van der Waals surface area contributed by atoms with E-state index in [1.54, 1.807) is 10.9 Å². The van der Waals surface area contributed by atoms with Gasteiger partial charge in [-0.2, -0.15) is 5.10 Å². The number of aromatic nitrogens is 2. The van der Waals surface area contributed by atoms with E-state index >= 15 is 0 Å². The lowest BCUT2D eigenvalue weighted by Crippen LogP contribution is -2.25. The lowest BCUT2D eigenvalue weighted by Gasteiger charge is -2.06. The molecule has 0 atom stereocenters. The van der Waals surface area contributed by atoms with Gasteiger partial charge in [-0.1, -0.05) is 6.07 Å². The van der Waals surface area contributed by atoms with Crippen LogP contribution in [0.2, 0.25) is 0 Å². The predicted molar refractivity (Wildman–Crippen MR) is 92.2 cm³/mol. The molecule has 23 heavy (non-hydrogen) atoms. The second-order valence-corrected chi connectivity index (χ2v) is 8.02. The van der Waals surface area contributed by atoms with Gasteiger partial charge in [-0.05, 0) is 38.6 Å². The Balaban J connectivity index is 2.23. The minimum absolute atomic E-state index is 0.0932. The second kappa shape index (κ2) is 8.05. The smallest absolute Gasteiger partial charge is 0.244 e. The van der Waals surface area contributed by atoms with E-state index in [1.165, 1.54) is 11.3 Å². The fourth-order valence-electron chi connectivity index (χ4n) is 2.02. The van der Waals surface area contributed by atoms with Crippen LogP contribution in [0.15, 0.2) is 28.6 Å². The molecule has 2 rings (SSSR count). The lowest BCUT2D eigenvalue weighted by molar-refractivity contribution is 0.146. The first-order valence-corrected chi connectivity index (χ1v) is 10.0. The second-order valence-electron chi connectivity index (χ2n) is 5.34. The molecule has 0 aliphatic heterocycles. The van der Waals surface area contributed by atoms with Gasteiger partial charge in [0.15, 0.2) is 0 Å². The van der Waals surface area contributed by atoms with Crippen LogP contribution < -0.4 is 4.72 Å². The number of ether oxygens (including phenoxy) is 1. The van der Waals surface area contributed by atoms with Crippen LogP contribution in [-0.4, -0.2) is 38.0 Å². The Labute approximate surface area is 141 Å². The Morgan fingerprint density at radius 1 is 1.43 bits per heavy atom. The fraction of sp³-hybridized carbons (Fsp3) is 0.533. The van der Waals surface area contributed by atoms with E-state index in [0.29, 0.717) is 31.9 Å². The highest BCUT2D eigenvalue weighted by molar-refractivity contribution is 7.89. The quantitative estimate of drug-likeness (QED) is 0.700. The molecule has 0 amide bonds. The van der Waals surface area contributed by atoms with Crippen LogP contribution in [0.25, 0.3) is 10.6 Å². The van der Waals surface area contributed by atoms with Crippen molar-refractivity contribution < 1.29 is 13.2 Å². The molecule has 8 heteroatoms. The minimum atomic E-state index is -3.60. The molecule has 0 bridgehead atoms. The molecule has 6 nitrogen and oxygen atoms in total. The molecule has 2 heterocycles. The number of nitrogens with one attached hydrogen (secondary N) is 1. The van der Waals surface area contributed by atoms with Crippen molar-refractivity contribution in [1.82, 2.24) is 14.5 Å². The van der Waals surface area contributed by atoms with Crippen LogP contribution in [0.4, 0.5) is 0 Å². The highest BCUT2D eigenvalue weighted by Gasteiger charge is 2.24. The van der Waals surface area contributed by atoms with E-state index in [2.05, 4.69) is 9.82 Å². The van der Waals surface area contributed by atoms with Gasteiger partial charge in [-0.15, -0.1) is 11.3 Å². The summed E-state index contributed by atoms with van der Waals surface area (Å²) < 4.78 is 34.8. The zero-order valence-electron chi connectivity index (χ0n) is 13.7. The van der Waals surface area contributed by atoms with E-state index < -0.39 is 10.0 Å². The zero-order chi connectivity index (χ0) is 16.9. The number of hydrogen-bond donors (Lipinski definition) is 1. The molecule has 1 N–H and O–H groups in total. The summed E-state index contributed by atoms with van der Waals surface area (Å²) in [6.07, 6.45) is 2.24. The molecule has 0 aliphatic carbocycles. The van der Waals surface area contributed by atoms with Gasteiger partial charge < -0.3 is 4.74 Å². The first kappa shape index (κ1) is 18.1. The van der Waals surface area contributed by atoms with Crippen molar-refractivity contribution in [3.05, 3.63) is 23.7 Å². The summed E-state index contributed by atoms with van der Waals surface area (Å²) in [5, 5.41) is 6.37. The van der Waals surface area contributed by atoms with E-state index in [-0.39, 0.29) is 10.9 Å². The SMILES string of the molecule is CCOCCCNS(=O)(=O)c1cn(C(C)C)nc1-c1cccs1. The molecule has 2 aromatic rings. The van der Waals surface area contributed by atoms with Crippen LogP contribution in [0, 0.1) is 0 Å². The Morgan fingerprint density at radius 3 is 2.83 bits per heavy atom. The largest absolute Gasteiger partial charge is 0.382 e. The zero-order valence-corrected chi connectivity index (χ0v) is 15.3. The molecule has 2 aromatic heterocycles. The molecule has 128 valence electrons. The number of thiophene rings is 1. The summed E-state index contributed by atoms with van der Waals surface area (Å²) in [5.74, 6) is 0. The lowest BCUT2D eigenvalue weighted by atomic mass is 10.3. The molecule has 0 saturated carbocycles. The Kier molecular flexibility index (Phi) is 6.34. The number of rotatable bonds is 9. The molecule has 0 aromatic carbocycles. The Hall–Kier alpha value is -1.22. The van der Waals surface area contributed by atoms with Crippen molar-refractivity contribution in [2.75, 3.05) is 19.8 Å². The van der Waals surface area contributed by atoms with Gasteiger partial charge in [0.1, 0.15) is 10.6 Å². The molecule has 0 fully saturated rings. The molecule has 0 radical (unpaired) electrons. The average molecular weight is 358 g/mol. The third-order valence-corrected chi connectivity index (χ3v) is 5.57. The van der Waals surface area contributed by atoms with E-state index in [1.807, 2.05) is 38.3 Å². The topological polar surface area (TPSA) is 73.2 Å². The van der Waals surface area contributed by atoms with Gasteiger partial charge in [0.05, 0.1) is 4.88 Å². The van der Waals surface area contributed by atoms with Gasteiger partial charge in [0.25, 0.3) is 0 Å². The van der Waals surface area contributed by atoms with Gasteiger partial charge >= 0.3 is 0 Å². The highest BCUT2D eigenvalue weighted by Crippen LogP contribution is 2.30. The van der Waals surface area contributed by atoms with Gasteiger partial charge in [-0.3, -0.25) is 4.68 Å². The van der Waals surface area contributed by atoms with Crippen molar-refractivity contribution in [2.45, 2.75) is 38.1 Å². The number of nitrogens with zero attached hydrogens (tertiary/aromatic N) is 2. The number of hydrogen-bond acceptors (Lipinski definition) is 5. The van der Waals surface area contributed by atoms with Crippen LogP contribution in [0.3, 0.4) is 0 Å². The van der Waals surface area contributed by atoms with Gasteiger partial charge in [0, 0.05) is 32.0 Å². The van der Waals surface area contributed by atoms with E-state index in [0.717, 1.165) is 4.88 Å². The van der Waals surface area contributed by atoms with Crippen LogP contribution in [0.5, 0.6) is 0 Å². The van der Waals surface area contributed by atoms with Crippen molar-refractivity contribution in [2.24, 2.45) is 0 Å². The fourth-order valence-corrected chi connectivity index (χ4v) is 4.03. The first-order chi connectivity index (χ1) is 11.0. The third-order valence-electron chi connectivity index (χ3n) is 3.23. The standard InChI is InChI=1S/C15H23N3O3S2/c1-4-21-9-6-8-16-23(19,20)14-11-18(12(2)3)17-15(14)13-7-5-10-22-13/h5,7,10-12,16H,4,6,8-9H2,1-3H3. The van der Waals surface area contributed by atoms with Crippen molar-refractivity contribution in [1.29, 1.82) is 0 Å². The van der Waals surface area contributed by atoms with E-state index in [9.17, 15) is 8.42 Å². The summed E-state index contributed by atoms with van der Waals surface area (Å²) >= 11 is 1.48. The average Bonchev–Trinajstić information content (AvgIpc) is 3.16. The summed E-state index contributed by atoms with van der Waals surface area (Å²) in [5.41, 5.74) is 0.506. The van der Waals surface area contributed by atoms with Gasteiger partial charge in [0.2, 0.25) is 10.0 Å². The predicted octanol–water partition coefficient (Wildman–Crippen LogP) is 2.90. The molecule has 0 aliphatic rings. The maximum atomic E-state index is 12.6. The van der Waals surface area contributed by atoms with Crippen LogP contribution in [-0.2, 0) is 14.8 Å². The molecular weight excluding hydrogens is 334 g/mol. The Morgan fingerprint density at radius 2 is 2.22 bits per heavy atom. The summed E-state index contributed by atoms with van der Waals surface area (Å²) in [7, 11) is -3.60. The molecule has 0 saturated heterocycles. The normalized spacial score (nSPS) is 12.2. The Bertz CT molecular complexity index is 706. The highest BCUT2D eigenvalue weighted by atomic mass is 32.2. The third kappa shape index (κ3) is 4.63. The van der Waals surface area contributed by atoms with Gasteiger partial charge in [-0.25, -0.2) is 13.1 Å². The molecule has 0 unspecified atom stereocenters. The minimum Gasteiger partial charge on any atom is -0.382 e. The molecule has 0 spiro atoms. The maximum Gasteiger partial charge on any atom is 0.244 e. The summed E-state index contributed by atoms with van der Waals surface area (Å²) in [4.78, 5) is 1.07. The molecular formula is C15H23N3O3S2. The van der Waals surface area contributed by atoms with Crippen molar-refractivity contribution in [3.8, 4) is 10.6 Å². The van der Waals surface area contributed by atoms with Crippen LogP contribution >= 0.6 is 11.3 Å². The maximum absolute atomic E-state index is 12.6. The van der Waals surface area contributed by atoms with E-state index in [4.69, 9.17) is 4.74 Å². The monoisotopic (exact) mass is 357 g/mol. The first-order valence-electron chi connectivity index (χ1n) is 7.66. The van der Waals surface area contributed by atoms with Crippen molar-refractivity contribution in [3.63, 3.8) is 0 Å². The van der Waals surface area contributed by atoms with Crippen molar-refractivity contribution >= 4 is 21.4 Å². The number of sulfonamides is 1.